The largest absolute Gasteiger partial charge is 0.352 e. The molecule has 0 saturated carbocycles. The Bertz CT molecular complexity index is 785. The summed E-state index contributed by atoms with van der Waals surface area (Å²) in [5, 5.41) is 10.2. The second kappa shape index (κ2) is 8.78. The zero-order chi connectivity index (χ0) is 18.4. The van der Waals surface area contributed by atoms with Gasteiger partial charge in [-0.25, -0.2) is 0 Å². The summed E-state index contributed by atoms with van der Waals surface area (Å²) in [4.78, 5) is 15.3. The number of aromatic nitrogens is 1. The lowest BCUT2D eigenvalue weighted by molar-refractivity contribution is -0.114. The minimum absolute atomic E-state index is 0.0949. The Kier molecular flexibility index (Phi) is 6.73. The minimum atomic E-state index is -0.0949. The van der Waals surface area contributed by atoms with Gasteiger partial charge in [-0.15, -0.1) is 0 Å². The Labute approximate surface area is 157 Å². The van der Waals surface area contributed by atoms with E-state index in [0.29, 0.717) is 29.2 Å². The molecule has 1 aromatic carbocycles. The number of hydrogen-bond donors (Lipinski definition) is 3. The summed E-state index contributed by atoms with van der Waals surface area (Å²) in [6, 6.07) is 9.45. The van der Waals surface area contributed by atoms with Gasteiger partial charge in [0.25, 0.3) is 0 Å². The van der Waals surface area contributed by atoms with Gasteiger partial charge in [0.1, 0.15) is 5.15 Å². The fourth-order valence-electron chi connectivity index (χ4n) is 2.30. The summed E-state index contributed by atoms with van der Waals surface area (Å²) < 4.78 is 1.82. The third-order valence-electron chi connectivity index (χ3n) is 3.58. The molecule has 0 atom stereocenters. The molecule has 0 aliphatic carbocycles. The molecule has 2 aromatic rings. The highest BCUT2D eigenvalue weighted by atomic mass is 35.5. The Morgan fingerprint density at radius 3 is 2.52 bits per heavy atom. The van der Waals surface area contributed by atoms with Crippen molar-refractivity contribution in [3.63, 3.8) is 0 Å². The first-order valence-electron chi connectivity index (χ1n) is 7.71. The van der Waals surface area contributed by atoms with E-state index < -0.39 is 0 Å². The van der Waals surface area contributed by atoms with Gasteiger partial charge in [-0.2, -0.15) is 0 Å². The molecule has 0 fully saturated rings. The second-order valence-corrected chi connectivity index (χ2v) is 6.26. The number of carbonyl (C=O) groups excluding carboxylic acids is 1. The Morgan fingerprint density at radius 2 is 1.92 bits per heavy atom. The summed E-state index contributed by atoms with van der Waals surface area (Å²) in [6.07, 6.45) is 0. The number of guanidine groups is 1. The van der Waals surface area contributed by atoms with E-state index in [9.17, 15) is 4.79 Å². The summed E-state index contributed by atoms with van der Waals surface area (Å²) >= 11 is 12.1. The first-order valence-corrected chi connectivity index (χ1v) is 8.47. The lowest BCUT2D eigenvalue weighted by atomic mass is 10.2. The first-order chi connectivity index (χ1) is 11.9. The molecule has 2 rings (SSSR count). The molecule has 1 heterocycles. The van der Waals surface area contributed by atoms with Crippen molar-refractivity contribution in [2.45, 2.75) is 20.0 Å². The topological polar surface area (TPSA) is 70.4 Å². The standard InChI is InChI=1S/C17H21Cl2N5O/c1-11(25)23-13-6-4-5-12(7-13)9-21-17(20-2)22-10-14-8-15(18)16(19)24(14)3/h4-8H,9-10H2,1-3H3,(H,23,25)(H2,20,21,22). The van der Waals surface area contributed by atoms with Gasteiger partial charge in [-0.05, 0) is 23.8 Å². The van der Waals surface area contributed by atoms with E-state index in [0.717, 1.165) is 16.9 Å². The number of nitrogens with one attached hydrogen (secondary N) is 3. The van der Waals surface area contributed by atoms with E-state index in [1.165, 1.54) is 6.92 Å². The van der Waals surface area contributed by atoms with Crippen molar-refractivity contribution in [1.82, 2.24) is 15.2 Å². The molecular weight excluding hydrogens is 361 g/mol. The van der Waals surface area contributed by atoms with E-state index in [4.69, 9.17) is 23.2 Å². The van der Waals surface area contributed by atoms with E-state index in [1.54, 1.807) is 7.05 Å². The van der Waals surface area contributed by atoms with Crippen LogP contribution in [0, 0.1) is 0 Å². The quantitative estimate of drug-likeness (QED) is 0.550. The molecule has 134 valence electrons. The van der Waals surface area contributed by atoms with Crippen molar-refractivity contribution in [3.8, 4) is 0 Å². The van der Waals surface area contributed by atoms with Crippen LogP contribution in [0.25, 0.3) is 0 Å². The molecule has 0 radical (unpaired) electrons. The van der Waals surface area contributed by atoms with E-state index in [-0.39, 0.29) is 5.91 Å². The molecule has 0 aliphatic heterocycles. The van der Waals surface area contributed by atoms with Crippen LogP contribution in [-0.2, 0) is 24.9 Å². The fraction of sp³-hybridized carbons (Fsp3) is 0.294. The number of amides is 1. The molecule has 6 nitrogen and oxygen atoms in total. The van der Waals surface area contributed by atoms with Gasteiger partial charge >= 0.3 is 0 Å². The van der Waals surface area contributed by atoms with Crippen LogP contribution in [0.2, 0.25) is 10.2 Å². The third-order valence-corrected chi connectivity index (χ3v) is 4.43. The molecule has 0 bridgehead atoms. The van der Waals surface area contributed by atoms with Crippen LogP contribution < -0.4 is 16.0 Å². The summed E-state index contributed by atoms with van der Waals surface area (Å²) in [6.45, 7) is 2.59. The molecule has 0 spiro atoms. The number of anilines is 1. The number of rotatable bonds is 5. The summed E-state index contributed by atoms with van der Waals surface area (Å²) in [5.74, 6) is 0.556. The fourth-order valence-corrected chi connectivity index (χ4v) is 2.72. The second-order valence-electron chi connectivity index (χ2n) is 5.49. The highest BCUT2D eigenvalue weighted by Crippen LogP contribution is 2.24. The van der Waals surface area contributed by atoms with Crippen LogP contribution in [0.5, 0.6) is 0 Å². The number of aliphatic imine (C=N–C) groups is 1. The van der Waals surface area contributed by atoms with Gasteiger partial charge in [0.2, 0.25) is 5.91 Å². The van der Waals surface area contributed by atoms with Crippen molar-refractivity contribution >= 4 is 40.8 Å². The van der Waals surface area contributed by atoms with Crippen molar-refractivity contribution in [2.24, 2.45) is 12.0 Å². The summed E-state index contributed by atoms with van der Waals surface area (Å²) in [7, 11) is 3.56. The molecule has 25 heavy (non-hydrogen) atoms. The average molecular weight is 382 g/mol. The number of carbonyl (C=O) groups is 1. The molecule has 8 heteroatoms. The van der Waals surface area contributed by atoms with Crippen LogP contribution >= 0.6 is 23.2 Å². The van der Waals surface area contributed by atoms with Crippen molar-refractivity contribution in [3.05, 3.63) is 51.8 Å². The number of halogens is 2. The highest BCUT2D eigenvalue weighted by molar-refractivity contribution is 6.41. The number of nitrogens with zero attached hydrogens (tertiary/aromatic N) is 2. The summed E-state index contributed by atoms with van der Waals surface area (Å²) in [5.41, 5.74) is 2.74. The average Bonchev–Trinajstić information content (AvgIpc) is 2.82. The zero-order valence-corrected chi connectivity index (χ0v) is 15.9. The van der Waals surface area contributed by atoms with E-state index >= 15 is 0 Å². The molecule has 1 aromatic heterocycles. The predicted molar refractivity (Wildman–Crippen MR) is 103 cm³/mol. The Morgan fingerprint density at radius 1 is 1.20 bits per heavy atom. The molecule has 1 amide bonds. The van der Waals surface area contributed by atoms with Gasteiger partial charge in [0, 0.05) is 38.9 Å². The Balaban J connectivity index is 1.92. The highest BCUT2D eigenvalue weighted by Gasteiger charge is 2.09. The minimum Gasteiger partial charge on any atom is -0.352 e. The monoisotopic (exact) mass is 381 g/mol. The van der Waals surface area contributed by atoms with Crippen LogP contribution in [0.4, 0.5) is 5.69 Å². The van der Waals surface area contributed by atoms with Gasteiger partial charge in [-0.1, -0.05) is 35.3 Å². The molecular formula is C17H21Cl2N5O. The molecule has 0 unspecified atom stereocenters. The van der Waals surface area contributed by atoms with Gasteiger partial charge < -0.3 is 20.5 Å². The van der Waals surface area contributed by atoms with Gasteiger partial charge in [-0.3, -0.25) is 9.79 Å². The van der Waals surface area contributed by atoms with E-state index in [2.05, 4.69) is 20.9 Å². The Hall–Kier alpha value is -2.18. The van der Waals surface area contributed by atoms with Crippen LogP contribution in [0.3, 0.4) is 0 Å². The van der Waals surface area contributed by atoms with Gasteiger partial charge in [0.15, 0.2) is 5.96 Å². The van der Waals surface area contributed by atoms with E-state index in [1.807, 2.05) is 41.9 Å². The van der Waals surface area contributed by atoms with Crippen LogP contribution in [-0.4, -0.2) is 23.5 Å². The third kappa shape index (κ3) is 5.41. The normalized spacial score (nSPS) is 11.3. The molecule has 3 N–H and O–H groups in total. The van der Waals surface area contributed by atoms with Crippen molar-refractivity contribution < 1.29 is 4.79 Å². The number of hydrogen-bond acceptors (Lipinski definition) is 2. The molecule has 0 aliphatic rings. The smallest absolute Gasteiger partial charge is 0.221 e. The molecule has 0 saturated heterocycles. The van der Waals surface area contributed by atoms with Crippen LogP contribution in [0.1, 0.15) is 18.2 Å². The van der Waals surface area contributed by atoms with Crippen molar-refractivity contribution in [2.75, 3.05) is 12.4 Å². The first kappa shape index (κ1) is 19.1. The zero-order valence-electron chi connectivity index (χ0n) is 14.4. The van der Waals surface area contributed by atoms with Crippen molar-refractivity contribution in [1.29, 1.82) is 0 Å². The maximum atomic E-state index is 11.1. The SMILES string of the molecule is CN=C(NCc1cccc(NC(C)=O)c1)NCc1cc(Cl)c(Cl)n1C. The lowest BCUT2D eigenvalue weighted by Gasteiger charge is -2.13. The maximum Gasteiger partial charge on any atom is 0.221 e. The maximum absolute atomic E-state index is 11.1. The van der Waals surface area contributed by atoms with Crippen LogP contribution in [0.15, 0.2) is 35.3 Å². The van der Waals surface area contributed by atoms with Gasteiger partial charge in [0.05, 0.1) is 11.6 Å². The predicted octanol–water partition coefficient (Wildman–Crippen LogP) is 3.16. The lowest BCUT2D eigenvalue weighted by Crippen LogP contribution is -2.36. The number of benzene rings is 1.